The van der Waals surface area contributed by atoms with Crippen LogP contribution in [0.2, 0.25) is 0 Å². The number of rotatable bonds is 11. The highest BCUT2D eigenvalue weighted by Crippen LogP contribution is 2.97. The molecule has 122 valence electrons. The average Bonchev–Trinajstić information content (AvgIpc) is 3.29. The lowest BCUT2D eigenvalue weighted by molar-refractivity contribution is 1.13. The van der Waals surface area contributed by atoms with E-state index < -0.39 is 0 Å². The van der Waals surface area contributed by atoms with Gasteiger partial charge in [-0.15, -0.1) is 17.0 Å². The molecule has 3 aliphatic rings. The topological polar surface area (TPSA) is 0 Å². The Morgan fingerprint density at radius 1 is 1.20 bits per heavy atom. The van der Waals surface area contributed by atoms with Crippen molar-refractivity contribution < 1.29 is 0 Å². The standard InChI is InChI=1S/C10H22S10/c1-3-11-6-10(7-12-4-9-5-13-9)18(20-16-17-20)8(2)19-14-15-19/h8-10,18-20H,3-7H2,1-2H3. The van der Waals surface area contributed by atoms with Crippen LogP contribution in [0.15, 0.2) is 0 Å². The Bertz CT molecular complexity index is 302. The van der Waals surface area contributed by atoms with Crippen molar-refractivity contribution in [2.75, 3.05) is 28.8 Å². The van der Waals surface area contributed by atoms with E-state index in [2.05, 4.69) is 88.4 Å². The lowest BCUT2D eigenvalue weighted by Gasteiger charge is -2.35. The summed E-state index contributed by atoms with van der Waals surface area (Å²) in [5.74, 6) is 7.05. The molecule has 0 aromatic carbocycles. The minimum atomic E-state index is 0.297. The van der Waals surface area contributed by atoms with E-state index in [0.717, 1.165) is 15.1 Å². The van der Waals surface area contributed by atoms with Crippen molar-refractivity contribution in [3.63, 3.8) is 0 Å². The van der Waals surface area contributed by atoms with Crippen molar-refractivity contribution in [3.05, 3.63) is 0 Å². The first-order chi connectivity index (χ1) is 9.79. The predicted octanol–water partition coefficient (Wildman–Crippen LogP) is 6.67. The van der Waals surface area contributed by atoms with Crippen LogP contribution in [0, 0.1) is 0 Å². The molecule has 3 heterocycles. The van der Waals surface area contributed by atoms with Crippen LogP contribution in [0.3, 0.4) is 0 Å². The third-order valence-corrected chi connectivity index (χ3v) is 32.8. The summed E-state index contributed by atoms with van der Waals surface area (Å²) in [5, 5.41) is 2.05. The van der Waals surface area contributed by atoms with Gasteiger partial charge < -0.3 is 0 Å². The van der Waals surface area contributed by atoms with Gasteiger partial charge in [0.2, 0.25) is 0 Å². The van der Waals surface area contributed by atoms with Crippen LogP contribution in [0.5, 0.6) is 0 Å². The van der Waals surface area contributed by atoms with E-state index in [-0.39, 0.29) is 0 Å². The highest BCUT2D eigenvalue weighted by Gasteiger charge is 2.41. The first kappa shape index (κ1) is 18.3. The molecule has 0 radical (unpaired) electrons. The lowest BCUT2D eigenvalue weighted by Crippen LogP contribution is -2.19. The molecule has 0 aliphatic carbocycles. The molecule has 3 aliphatic heterocycles. The van der Waals surface area contributed by atoms with Crippen LogP contribution in [0.4, 0.5) is 0 Å². The van der Waals surface area contributed by atoms with Gasteiger partial charge in [0.25, 0.3) is 0 Å². The smallest absolute Gasteiger partial charge is 0.0381 e. The van der Waals surface area contributed by atoms with Crippen molar-refractivity contribution in [1.82, 2.24) is 0 Å². The minimum absolute atomic E-state index is 0.297. The Morgan fingerprint density at radius 3 is 2.45 bits per heavy atom. The summed E-state index contributed by atoms with van der Waals surface area (Å²) in [6.07, 6.45) is 0. The van der Waals surface area contributed by atoms with Gasteiger partial charge in [-0.05, 0) is 52.0 Å². The summed E-state index contributed by atoms with van der Waals surface area (Å²) in [4.78, 5) is 0. The van der Waals surface area contributed by atoms with Gasteiger partial charge in [-0.25, -0.2) is 0 Å². The monoisotopic (exact) mass is 462 g/mol. The number of thioether (sulfide) groups is 3. The highest BCUT2D eigenvalue weighted by atomic mass is 34.2. The molecule has 4 unspecified atom stereocenters. The third-order valence-electron chi connectivity index (χ3n) is 3.08. The maximum Gasteiger partial charge on any atom is 0.0381 e. The maximum atomic E-state index is 2.59. The highest BCUT2D eigenvalue weighted by molar-refractivity contribution is 9.80. The Morgan fingerprint density at radius 2 is 1.90 bits per heavy atom. The molecule has 10 heteroatoms. The fourth-order valence-corrected chi connectivity index (χ4v) is 39.6. The van der Waals surface area contributed by atoms with E-state index in [1.54, 1.807) is 0 Å². The molecule has 4 atom stereocenters. The molecule has 0 saturated carbocycles. The van der Waals surface area contributed by atoms with Gasteiger partial charge in [0.05, 0.1) is 0 Å². The Hall–Kier alpha value is 3.50. The summed E-state index contributed by atoms with van der Waals surface area (Å²) >= 11 is 6.63. The van der Waals surface area contributed by atoms with Crippen LogP contribution in [0.1, 0.15) is 13.8 Å². The summed E-state index contributed by atoms with van der Waals surface area (Å²) in [6, 6.07) is 0. The van der Waals surface area contributed by atoms with E-state index in [0.29, 0.717) is 26.9 Å². The minimum Gasteiger partial charge on any atom is -0.189 e. The van der Waals surface area contributed by atoms with E-state index in [4.69, 9.17) is 0 Å². The van der Waals surface area contributed by atoms with Gasteiger partial charge in [-0.3, -0.25) is 0 Å². The second-order valence-corrected chi connectivity index (χ2v) is 30.8. The predicted molar refractivity (Wildman–Crippen MR) is 127 cm³/mol. The van der Waals surface area contributed by atoms with Crippen LogP contribution < -0.4 is 0 Å². The molecule has 0 bridgehead atoms. The second-order valence-electron chi connectivity index (χ2n) is 4.64. The van der Waals surface area contributed by atoms with Crippen molar-refractivity contribution >= 4 is 101 Å². The Balaban J connectivity index is 1.54. The molecule has 0 nitrogen and oxygen atoms in total. The fourth-order valence-electron chi connectivity index (χ4n) is 1.86. The maximum absolute atomic E-state index is 2.59. The molecule has 0 aromatic heterocycles. The van der Waals surface area contributed by atoms with Crippen molar-refractivity contribution in [2.45, 2.75) is 28.9 Å². The van der Waals surface area contributed by atoms with E-state index in [1.807, 2.05) is 0 Å². The molecule has 3 saturated heterocycles. The quantitative estimate of drug-likeness (QED) is 0.176. The molecule has 3 rings (SSSR count). The van der Waals surface area contributed by atoms with E-state index in [1.165, 1.54) is 28.8 Å². The Labute approximate surface area is 157 Å². The van der Waals surface area contributed by atoms with Crippen molar-refractivity contribution in [3.8, 4) is 0 Å². The molecule has 0 spiro atoms. The van der Waals surface area contributed by atoms with Crippen LogP contribution in [-0.2, 0) is 0 Å². The zero-order valence-corrected chi connectivity index (χ0v) is 19.9. The number of hydrogen-bond donors (Lipinski definition) is 3. The number of hydrogen-bond acceptors (Lipinski definition) is 7. The molecular formula is C10H22S10. The summed E-state index contributed by atoms with van der Waals surface area (Å²) < 4.78 is 1.06. The fraction of sp³-hybridized carbons (Fsp3) is 1.00. The molecule has 0 N–H and O–H groups in total. The number of thiol groups is 3. The lowest BCUT2D eigenvalue weighted by atomic mass is 10.5. The normalized spacial score (nSPS) is 32.7. The Kier molecular flexibility index (Phi) is 8.48. The molecule has 20 heavy (non-hydrogen) atoms. The van der Waals surface area contributed by atoms with Crippen LogP contribution in [-0.4, -0.2) is 43.8 Å². The molecular weight excluding hydrogens is 441 g/mol. The SMILES string of the molecule is CCSCC(CSCC1CS1)[SH](C(C)[SH]1SS1)[SH]1SS1. The van der Waals surface area contributed by atoms with Gasteiger partial charge >= 0.3 is 0 Å². The summed E-state index contributed by atoms with van der Waals surface area (Å²) in [7, 11) is 9.85. The summed E-state index contributed by atoms with van der Waals surface area (Å²) in [5.41, 5.74) is 0. The van der Waals surface area contributed by atoms with Crippen molar-refractivity contribution in [2.24, 2.45) is 0 Å². The summed E-state index contributed by atoms with van der Waals surface area (Å²) in [6.45, 7) is 4.92. The molecule has 0 aromatic rings. The molecule has 0 amide bonds. The first-order valence-corrected chi connectivity index (χ1v) is 21.7. The zero-order chi connectivity index (χ0) is 13.9. The van der Waals surface area contributed by atoms with Crippen LogP contribution >= 0.6 is 101 Å². The molecule has 3 fully saturated rings. The first-order valence-electron chi connectivity index (χ1n) is 6.63. The van der Waals surface area contributed by atoms with Gasteiger partial charge in [-0.2, -0.15) is 45.2 Å². The second kappa shape index (κ2) is 9.27. The van der Waals surface area contributed by atoms with Gasteiger partial charge in [0.1, 0.15) is 0 Å². The average molecular weight is 463 g/mol. The van der Waals surface area contributed by atoms with Gasteiger partial charge in [0.15, 0.2) is 0 Å². The van der Waals surface area contributed by atoms with Gasteiger partial charge in [0, 0.05) is 38.1 Å². The van der Waals surface area contributed by atoms with Crippen molar-refractivity contribution in [1.29, 1.82) is 0 Å². The van der Waals surface area contributed by atoms with Gasteiger partial charge in [-0.1, -0.05) is 6.92 Å². The van der Waals surface area contributed by atoms with E-state index in [9.17, 15) is 0 Å². The zero-order valence-electron chi connectivity index (χ0n) is 11.5. The third kappa shape index (κ3) is 6.10. The van der Waals surface area contributed by atoms with Crippen LogP contribution in [0.25, 0.3) is 0 Å². The van der Waals surface area contributed by atoms with E-state index >= 15 is 0 Å². The largest absolute Gasteiger partial charge is 0.189 e.